The zero-order chi connectivity index (χ0) is 14.5. The van der Waals surface area contributed by atoms with E-state index in [1.165, 1.54) is 0 Å². The number of hydrogen-bond acceptors (Lipinski definition) is 3. The van der Waals surface area contributed by atoms with E-state index in [4.69, 9.17) is 4.74 Å². The Balaban J connectivity index is 2.18. The largest absolute Gasteiger partial charge is 0.496 e. The van der Waals surface area contributed by atoms with Crippen molar-refractivity contribution in [2.24, 2.45) is 0 Å². The van der Waals surface area contributed by atoms with E-state index in [1.807, 2.05) is 18.2 Å². The molecule has 1 aromatic heterocycles. The molecule has 1 heterocycles. The highest BCUT2D eigenvalue weighted by Gasteiger charge is 2.17. The van der Waals surface area contributed by atoms with Gasteiger partial charge >= 0.3 is 0 Å². The van der Waals surface area contributed by atoms with Crippen LogP contribution in [0, 0.1) is 0 Å². The quantitative estimate of drug-likeness (QED) is 0.862. The fraction of sp³-hybridized carbons (Fsp3) is 0.200. The zero-order valence-electron chi connectivity index (χ0n) is 11.3. The van der Waals surface area contributed by atoms with Crippen LogP contribution in [0.5, 0.6) is 5.75 Å². The molecule has 20 heavy (non-hydrogen) atoms. The van der Waals surface area contributed by atoms with Crippen molar-refractivity contribution in [3.05, 3.63) is 58.3 Å². The molecule has 0 saturated heterocycles. The molecule has 0 aliphatic heterocycles. The Morgan fingerprint density at radius 1 is 1.40 bits per heavy atom. The maximum Gasteiger partial charge on any atom is 0.257 e. The van der Waals surface area contributed by atoms with Gasteiger partial charge in [0.15, 0.2) is 0 Å². The number of carbonyl (C=O) groups is 1. The Kier molecular flexibility index (Phi) is 4.74. The lowest BCUT2D eigenvalue weighted by molar-refractivity contribution is 0.0781. The Hall–Kier alpha value is -1.88. The van der Waals surface area contributed by atoms with Crippen LogP contribution in [0.2, 0.25) is 0 Å². The van der Waals surface area contributed by atoms with E-state index in [9.17, 15) is 4.79 Å². The second kappa shape index (κ2) is 6.52. The smallest absolute Gasteiger partial charge is 0.257 e. The predicted molar refractivity (Wildman–Crippen MR) is 80.7 cm³/mol. The molecule has 0 radical (unpaired) electrons. The van der Waals surface area contributed by atoms with Gasteiger partial charge in [0.05, 0.1) is 12.7 Å². The van der Waals surface area contributed by atoms with Crippen LogP contribution >= 0.6 is 15.9 Å². The van der Waals surface area contributed by atoms with Gasteiger partial charge in [-0.2, -0.15) is 0 Å². The van der Waals surface area contributed by atoms with Gasteiger partial charge in [-0.1, -0.05) is 22.0 Å². The number of rotatable bonds is 4. The summed E-state index contributed by atoms with van der Waals surface area (Å²) in [5.74, 6) is 0.473. The van der Waals surface area contributed by atoms with Crippen LogP contribution < -0.4 is 4.74 Å². The summed E-state index contributed by atoms with van der Waals surface area (Å²) in [5.41, 5.74) is 1.53. The van der Waals surface area contributed by atoms with E-state index < -0.39 is 0 Å². The maximum absolute atomic E-state index is 12.5. The van der Waals surface area contributed by atoms with Gasteiger partial charge in [0.2, 0.25) is 0 Å². The van der Waals surface area contributed by atoms with Gasteiger partial charge in [0, 0.05) is 30.5 Å². The lowest BCUT2D eigenvalue weighted by Crippen LogP contribution is -2.26. The fourth-order valence-electron chi connectivity index (χ4n) is 1.88. The third-order valence-electron chi connectivity index (χ3n) is 2.88. The first-order chi connectivity index (χ1) is 9.61. The van der Waals surface area contributed by atoms with E-state index >= 15 is 0 Å². The minimum Gasteiger partial charge on any atom is -0.496 e. The van der Waals surface area contributed by atoms with Crippen molar-refractivity contribution >= 4 is 21.8 Å². The van der Waals surface area contributed by atoms with Crippen molar-refractivity contribution in [2.45, 2.75) is 6.54 Å². The predicted octanol–water partition coefficient (Wildman–Crippen LogP) is 3.12. The third-order valence-corrected chi connectivity index (χ3v) is 3.38. The van der Waals surface area contributed by atoms with Gasteiger partial charge in [-0.25, -0.2) is 0 Å². The SMILES string of the molecule is COc1cc(Br)ccc1C(=O)N(C)Cc1cccnc1. The molecule has 0 atom stereocenters. The molecule has 104 valence electrons. The zero-order valence-corrected chi connectivity index (χ0v) is 12.9. The molecule has 0 aliphatic rings. The van der Waals surface area contributed by atoms with Gasteiger partial charge in [-0.3, -0.25) is 9.78 Å². The molecule has 0 bridgehead atoms. The minimum absolute atomic E-state index is 0.0850. The number of pyridine rings is 1. The number of aromatic nitrogens is 1. The second-order valence-corrected chi connectivity index (χ2v) is 5.28. The van der Waals surface area contributed by atoms with Gasteiger partial charge in [0.25, 0.3) is 5.91 Å². The van der Waals surface area contributed by atoms with Gasteiger partial charge in [0.1, 0.15) is 5.75 Å². The van der Waals surface area contributed by atoms with E-state index in [0.717, 1.165) is 10.0 Å². The Labute approximate surface area is 126 Å². The topological polar surface area (TPSA) is 42.4 Å². The number of nitrogens with zero attached hydrogens (tertiary/aromatic N) is 2. The first kappa shape index (κ1) is 14.5. The number of amides is 1. The molecule has 0 fully saturated rings. The van der Waals surface area contributed by atoms with Crippen LogP contribution in [0.1, 0.15) is 15.9 Å². The van der Waals surface area contributed by atoms with Crippen LogP contribution in [0.25, 0.3) is 0 Å². The summed E-state index contributed by atoms with van der Waals surface area (Å²) in [4.78, 5) is 18.1. The van der Waals surface area contributed by atoms with Gasteiger partial charge in [-0.15, -0.1) is 0 Å². The van der Waals surface area contributed by atoms with Crippen LogP contribution in [0.3, 0.4) is 0 Å². The number of hydrogen-bond donors (Lipinski definition) is 0. The summed E-state index contributed by atoms with van der Waals surface area (Å²) >= 11 is 3.36. The summed E-state index contributed by atoms with van der Waals surface area (Å²) in [6.07, 6.45) is 3.46. The van der Waals surface area contributed by atoms with Crippen LogP contribution in [-0.4, -0.2) is 29.9 Å². The normalized spacial score (nSPS) is 10.2. The third kappa shape index (κ3) is 3.36. The van der Waals surface area contributed by atoms with Gasteiger partial charge in [-0.05, 0) is 29.8 Å². The molecule has 1 amide bonds. The average molecular weight is 335 g/mol. The van der Waals surface area contributed by atoms with Crippen LogP contribution in [-0.2, 0) is 6.54 Å². The molecular formula is C15H15BrN2O2. The van der Waals surface area contributed by atoms with Crippen molar-refractivity contribution in [2.75, 3.05) is 14.2 Å². The van der Waals surface area contributed by atoms with Gasteiger partial charge < -0.3 is 9.64 Å². The molecule has 1 aromatic carbocycles. The average Bonchev–Trinajstić information content (AvgIpc) is 2.47. The first-order valence-corrected chi connectivity index (χ1v) is 6.89. The summed E-state index contributed by atoms with van der Waals surface area (Å²) in [6.45, 7) is 0.506. The van der Waals surface area contributed by atoms with Crippen molar-refractivity contribution in [1.29, 1.82) is 0 Å². The van der Waals surface area contributed by atoms with Crippen molar-refractivity contribution in [3.8, 4) is 5.75 Å². The summed E-state index contributed by atoms with van der Waals surface area (Å²) in [7, 11) is 3.32. The Morgan fingerprint density at radius 2 is 2.20 bits per heavy atom. The van der Waals surface area contributed by atoms with Crippen molar-refractivity contribution < 1.29 is 9.53 Å². The van der Waals surface area contributed by atoms with E-state index in [-0.39, 0.29) is 5.91 Å². The van der Waals surface area contributed by atoms with Crippen LogP contribution in [0.15, 0.2) is 47.2 Å². The van der Waals surface area contributed by atoms with Crippen molar-refractivity contribution in [1.82, 2.24) is 9.88 Å². The highest BCUT2D eigenvalue weighted by molar-refractivity contribution is 9.10. The monoisotopic (exact) mass is 334 g/mol. The Bertz CT molecular complexity index is 602. The summed E-state index contributed by atoms with van der Waals surface area (Å²) < 4.78 is 6.13. The molecule has 0 aliphatic carbocycles. The molecular weight excluding hydrogens is 320 g/mol. The lowest BCUT2D eigenvalue weighted by atomic mass is 10.1. The van der Waals surface area contributed by atoms with Crippen molar-refractivity contribution in [3.63, 3.8) is 0 Å². The van der Waals surface area contributed by atoms with E-state index in [1.54, 1.807) is 43.6 Å². The fourth-order valence-corrected chi connectivity index (χ4v) is 2.22. The highest BCUT2D eigenvalue weighted by Crippen LogP contribution is 2.24. The molecule has 5 heteroatoms. The molecule has 0 unspecified atom stereocenters. The number of methoxy groups -OCH3 is 1. The number of benzene rings is 1. The molecule has 4 nitrogen and oxygen atoms in total. The number of halogens is 1. The number of carbonyl (C=O) groups excluding carboxylic acids is 1. The van der Waals surface area contributed by atoms with E-state index in [0.29, 0.717) is 17.9 Å². The standard InChI is InChI=1S/C15H15BrN2O2/c1-18(10-11-4-3-7-17-9-11)15(19)13-6-5-12(16)8-14(13)20-2/h3-9H,10H2,1-2H3. The minimum atomic E-state index is -0.0850. The Morgan fingerprint density at radius 3 is 2.85 bits per heavy atom. The molecule has 2 rings (SSSR count). The van der Waals surface area contributed by atoms with Crippen LogP contribution in [0.4, 0.5) is 0 Å². The molecule has 2 aromatic rings. The second-order valence-electron chi connectivity index (χ2n) is 4.37. The molecule has 0 saturated carbocycles. The molecule has 0 N–H and O–H groups in total. The number of ether oxygens (including phenoxy) is 1. The summed E-state index contributed by atoms with van der Waals surface area (Å²) in [5, 5.41) is 0. The van der Waals surface area contributed by atoms with E-state index in [2.05, 4.69) is 20.9 Å². The first-order valence-electron chi connectivity index (χ1n) is 6.09. The lowest BCUT2D eigenvalue weighted by Gasteiger charge is -2.18. The maximum atomic E-state index is 12.5. The summed E-state index contributed by atoms with van der Waals surface area (Å²) in [6, 6.07) is 9.16. The molecule has 0 spiro atoms. The highest BCUT2D eigenvalue weighted by atomic mass is 79.9.